The highest BCUT2D eigenvalue weighted by Gasteiger charge is 2.15. The zero-order valence-electron chi connectivity index (χ0n) is 19.3. The second-order valence-corrected chi connectivity index (χ2v) is 8.55. The number of benzene rings is 1. The fourth-order valence-electron chi connectivity index (χ4n) is 3.18. The third kappa shape index (κ3) is 8.59. The minimum atomic E-state index is -0.00145. The molecule has 1 aromatic carbocycles. The molecule has 0 spiro atoms. The van der Waals surface area contributed by atoms with Crippen molar-refractivity contribution in [2.24, 2.45) is 11.8 Å². The van der Waals surface area contributed by atoms with Crippen molar-refractivity contribution < 1.29 is 4.79 Å². The van der Waals surface area contributed by atoms with Crippen LogP contribution < -0.4 is 0 Å². The van der Waals surface area contributed by atoms with Crippen LogP contribution in [0.4, 0.5) is 0 Å². The molecule has 0 saturated carbocycles. The van der Waals surface area contributed by atoms with E-state index in [4.69, 9.17) is 11.6 Å². The van der Waals surface area contributed by atoms with Gasteiger partial charge in [0, 0.05) is 24.2 Å². The molecule has 0 bridgehead atoms. The highest BCUT2D eigenvalue weighted by Crippen LogP contribution is 2.20. The molecule has 1 unspecified atom stereocenters. The molecule has 0 aliphatic heterocycles. The maximum absolute atomic E-state index is 12.6. The summed E-state index contributed by atoms with van der Waals surface area (Å²) in [5.74, 6) is 0.858. The molecule has 0 heterocycles. The normalized spacial score (nSPS) is 13.5. The first-order valence-corrected chi connectivity index (χ1v) is 10.9. The molecule has 1 amide bonds. The predicted octanol–water partition coefficient (Wildman–Crippen LogP) is 7.66. The van der Waals surface area contributed by atoms with Gasteiger partial charge in [0.05, 0.1) is 0 Å². The smallest absolute Gasteiger partial charge is 0.253 e. The molecule has 0 N–H and O–H groups in total. The fourth-order valence-corrected chi connectivity index (χ4v) is 3.37. The number of amides is 1. The number of rotatable bonds is 10. The van der Waals surface area contributed by atoms with Gasteiger partial charge in [0.1, 0.15) is 0 Å². The molecule has 1 atom stereocenters. The maximum atomic E-state index is 12.6. The number of allylic oxidation sites excluding steroid dienone is 9. The molecule has 1 aromatic rings. The van der Waals surface area contributed by atoms with Crippen LogP contribution >= 0.6 is 11.6 Å². The van der Waals surface area contributed by atoms with E-state index in [1.165, 1.54) is 5.57 Å². The molecule has 30 heavy (non-hydrogen) atoms. The Hall–Kier alpha value is -2.32. The molecule has 0 aliphatic rings. The van der Waals surface area contributed by atoms with Gasteiger partial charge in [-0.2, -0.15) is 0 Å². The van der Waals surface area contributed by atoms with Gasteiger partial charge in [-0.05, 0) is 68.4 Å². The van der Waals surface area contributed by atoms with Gasteiger partial charge < -0.3 is 4.90 Å². The Morgan fingerprint density at radius 1 is 1.23 bits per heavy atom. The van der Waals surface area contributed by atoms with Crippen LogP contribution in [0.2, 0.25) is 5.02 Å². The van der Waals surface area contributed by atoms with Crippen LogP contribution in [0.1, 0.15) is 51.4 Å². The summed E-state index contributed by atoms with van der Waals surface area (Å²) in [6, 6.07) is 7.11. The van der Waals surface area contributed by atoms with Crippen molar-refractivity contribution in [2.45, 2.75) is 41.0 Å². The number of carbonyl (C=O) groups is 1. The first-order chi connectivity index (χ1) is 14.2. The third-order valence-electron chi connectivity index (χ3n) is 5.01. The van der Waals surface area contributed by atoms with E-state index < -0.39 is 0 Å². The molecular weight excluding hydrogens is 390 g/mol. The van der Waals surface area contributed by atoms with Gasteiger partial charge in [0.25, 0.3) is 5.91 Å². The summed E-state index contributed by atoms with van der Waals surface area (Å²) in [5.41, 5.74) is 4.14. The van der Waals surface area contributed by atoms with Gasteiger partial charge in [-0.3, -0.25) is 4.79 Å². The van der Waals surface area contributed by atoms with Gasteiger partial charge in [0.2, 0.25) is 0 Å². The molecule has 3 heteroatoms. The number of carbonyl (C=O) groups excluding carboxylic acids is 1. The number of nitrogens with zero attached hydrogens (tertiary/aromatic N) is 1. The van der Waals surface area contributed by atoms with Crippen molar-refractivity contribution in [3.63, 3.8) is 0 Å². The Balaban J connectivity index is 2.88. The van der Waals surface area contributed by atoms with Crippen LogP contribution in [0.15, 0.2) is 84.0 Å². The Bertz CT molecular complexity index is 838. The van der Waals surface area contributed by atoms with E-state index in [-0.39, 0.29) is 5.91 Å². The molecule has 0 fully saturated rings. The third-order valence-corrected chi connectivity index (χ3v) is 5.25. The first kappa shape index (κ1) is 25.7. The molecule has 0 radical (unpaired) electrons. The number of halogens is 1. The van der Waals surface area contributed by atoms with Gasteiger partial charge >= 0.3 is 0 Å². The Morgan fingerprint density at radius 2 is 1.93 bits per heavy atom. The van der Waals surface area contributed by atoms with Crippen molar-refractivity contribution in [1.82, 2.24) is 4.90 Å². The molecule has 162 valence electrons. The average molecular weight is 426 g/mol. The minimum absolute atomic E-state index is 0.00145. The first-order valence-electron chi connectivity index (χ1n) is 10.5. The number of hydrogen-bond acceptors (Lipinski definition) is 1. The van der Waals surface area contributed by atoms with Gasteiger partial charge in [-0.1, -0.05) is 80.1 Å². The second-order valence-electron chi connectivity index (χ2n) is 8.11. The van der Waals surface area contributed by atoms with Crippen molar-refractivity contribution in [3.8, 4) is 0 Å². The predicted molar refractivity (Wildman–Crippen MR) is 132 cm³/mol. The van der Waals surface area contributed by atoms with E-state index in [1.807, 2.05) is 26.1 Å². The average Bonchev–Trinajstić information content (AvgIpc) is 2.69. The van der Waals surface area contributed by atoms with Crippen molar-refractivity contribution in [1.29, 1.82) is 0 Å². The van der Waals surface area contributed by atoms with Crippen molar-refractivity contribution in [3.05, 3.63) is 94.6 Å². The summed E-state index contributed by atoms with van der Waals surface area (Å²) in [4.78, 5) is 14.4. The van der Waals surface area contributed by atoms with Crippen LogP contribution in [-0.2, 0) is 0 Å². The number of hydrogen-bond donors (Lipinski definition) is 0. The summed E-state index contributed by atoms with van der Waals surface area (Å²) in [5, 5.41) is 0.580. The SMILES string of the molecule is C=CC(=C\C)/C(C=C(C)C)=C/C=CC(CCN(C)C(=O)c1cccc(Cl)c1)C(C)C. The highest BCUT2D eigenvalue weighted by atomic mass is 35.5. The van der Waals surface area contributed by atoms with E-state index >= 15 is 0 Å². The lowest BCUT2D eigenvalue weighted by molar-refractivity contribution is 0.0787. The monoisotopic (exact) mass is 425 g/mol. The van der Waals surface area contributed by atoms with E-state index in [1.54, 1.807) is 23.1 Å². The molecule has 0 saturated heterocycles. The summed E-state index contributed by atoms with van der Waals surface area (Å²) >= 11 is 6.02. The second kappa shape index (κ2) is 13.1. The Labute approximate surface area is 188 Å². The lowest BCUT2D eigenvalue weighted by atomic mass is 9.91. The van der Waals surface area contributed by atoms with Gasteiger partial charge in [-0.25, -0.2) is 0 Å². The largest absolute Gasteiger partial charge is 0.342 e. The van der Waals surface area contributed by atoms with E-state index in [0.717, 1.165) is 17.6 Å². The summed E-state index contributed by atoms with van der Waals surface area (Å²) in [6.45, 7) is 15.3. The molecule has 1 rings (SSSR count). The summed E-state index contributed by atoms with van der Waals surface area (Å²) in [7, 11) is 1.85. The van der Waals surface area contributed by atoms with E-state index in [2.05, 4.69) is 64.7 Å². The Kier molecular flexibility index (Phi) is 11.2. The summed E-state index contributed by atoms with van der Waals surface area (Å²) < 4.78 is 0. The molecular formula is C27H36ClNO. The van der Waals surface area contributed by atoms with Crippen LogP contribution in [0, 0.1) is 11.8 Å². The van der Waals surface area contributed by atoms with Crippen LogP contribution in [0.25, 0.3) is 0 Å². The molecule has 0 aromatic heterocycles. The lowest BCUT2D eigenvalue weighted by Crippen LogP contribution is -2.29. The van der Waals surface area contributed by atoms with E-state index in [0.29, 0.717) is 29.0 Å². The topological polar surface area (TPSA) is 20.3 Å². The van der Waals surface area contributed by atoms with Crippen molar-refractivity contribution >= 4 is 17.5 Å². The maximum Gasteiger partial charge on any atom is 0.253 e. The van der Waals surface area contributed by atoms with Gasteiger partial charge in [0.15, 0.2) is 0 Å². The standard InChI is InChI=1S/C27H36ClNO/c1-8-22(9-2)24(18-20(3)4)13-10-12-23(21(5)6)16-17-29(7)27(30)25-14-11-15-26(28)19-25/h8-15,18-19,21,23H,1,16-17H2,2-7H3/b12-10?,22-9+,24-13+. The highest BCUT2D eigenvalue weighted by molar-refractivity contribution is 6.30. The van der Waals surface area contributed by atoms with Crippen LogP contribution in [0.5, 0.6) is 0 Å². The van der Waals surface area contributed by atoms with Crippen LogP contribution in [-0.4, -0.2) is 24.4 Å². The minimum Gasteiger partial charge on any atom is -0.342 e. The van der Waals surface area contributed by atoms with Crippen molar-refractivity contribution in [2.75, 3.05) is 13.6 Å². The molecule has 2 nitrogen and oxygen atoms in total. The Morgan fingerprint density at radius 3 is 2.47 bits per heavy atom. The lowest BCUT2D eigenvalue weighted by Gasteiger charge is -2.22. The molecule has 0 aliphatic carbocycles. The van der Waals surface area contributed by atoms with E-state index in [9.17, 15) is 4.79 Å². The van der Waals surface area contributed by atoms with Gasteiger partial charge in [-0.15, -0.1) is 0 Å². The quantitative estimate of drug-likeness (QED) is 0.352. The zero-order valence-corrected chi connectivity index (χ0v) is 20.0. The van der Waals surface area contributed by atoms with Crippen LogP contribution in [0.3, 0.4) is 0 Å². The summed E-state index contributed by atoms with van der Waals surface area (Å²) in [6.07, 6.45) is 13.5. The fraction of sp³-hybridized carbons (Fsp3) is 0.370. The zero-order chi connectivity index (χ0) is 22.7.